The Morgan fingerprint density at radius 1 is 1.62 bits per heavy atom. The Bertz CT molecular complexity index is 320. The molecule has 2 heterocycles. The maximum atomic E-state index is 12.5. The highest BCUT2D eigenvalue weighted by atomic mass is 19.1. The first-order valence-electron chi connectivity index (χ1n) is 5.58. The fourth-order valence-electron chi connectivity index (χ4n) is 2.13. The topological polar surface area (TPSA) is 25.4 Å². The number of alkyl halides is 1. The van der Waals surface area contributed by atoms with Crippen LogP contribution >= 0.6 is 0 Å². The lowest BCUT2D eigenvalue weighted by Crippen LogP contribution is -2.30. The smallest absolute Gasteiger partial charge is 0.137 e. The maximum absolute atomic E-state index is 12.5. The minimum Gasteiger partial charge on any atom is -0.490 e. The first kappa shape index (κ1) is 11.3. The molecule has 3 nitrogen and oxygen atoms in total. The van der Waals surface area contributed by atoms with Gasteiger partial charge in [0.15, 0.2) is 0 Å². The number of pyridine rings is 1. The van der Waals surface area contributed by atoms with Crippen molar-refractivity contribution in [1.82, 2.24) is 9.88 Å². The summed E-state index contributed by atoms with van der Waals surface area (Å²) in [5.74, 6) is 0.951. The molecule has 1 aromatic heterocycles. The normalized spacial score (nSPS) is 25.9. The molecule has 1 aliphatic rings. The molecule has 2 atom stereocenters. The van der Waals surface area contributed by atoms with E-state index in [4.69, 9.17) is 4.74 Å². The van der Waals surface area contributed by atoms with Gasteiger partial charge < -0.3 is 4.74 Å². The van der Waals surface area contributed by atoms with E-state index in [1.54, 1.807) is 12.4 Å². The molecule has 1 aliphatic heterocycles. The van der Waals surface area contributed by atoms with Gasteiger partial charge in [0, 0.05) is 24.7 Å². The third-order valence-electron chi connectivity index (χ3n) is 3.07. The predicted molar refractivity (Wildman–Crippen MR) is 60.2 cm³/mol. The lowest BCUT2D eigenvalue weighted by molar-refractivity contribution is 0.198. The van der Waals surface area contributed by atoms with Crippen molar-refractivity contribution in [3.8, 4) is 5.75 Å². The molecule has 0 spiro atoms. The van der Waals surface area contributed by atoms with Crippen molar-refractivity contribution in [3.05, 3.63) is 24.5 Å². The molecule has 0 aromatic carbocycles. The number of likely N-dealkylation sites (N-methyl/N-ethyl adjacent to an activating group) is 1. The summed E-state index contributed by atoms with van der Waals surface area (Å²) >= 11 is 0. The van der Waals surface area contributed by atoms with Crippen molar-refractivity contribution < 1.29 is 9.13 Å². The quantitative estimate of drug-likeness (QED) is 0.779. The molecule has 1 saturated heterocycles. The number of likely N-dealkylation sites (tertiary alicyclic amines) is 1. The molecule has 0 aliphatic carbocycles. The Balaban J connectivity index is 1.82. The van der Waals surface area contributed by atoms with E-state index in [0.717, 1.165) is 18.7 Å². The summed E-state index contributed by atoms with van der Waals surface area (Å²) in [4.78, 5) is 6.15. The van der Waals surface area contributed by atoms with Gasteiger partial charge in [0.25, 0.3) is 0 Å². The van der Waals surface area contributed by atoms with Gasteiger partial charge in [-0.1, -0.05) is 0 Å². The van der Waals surface area contributed by atoms with Gasteiger partial charge in [-0.25, -0.2) is 0 Å². The van der Waals surface area contributed by atoms with Crippen LogP contribution in [0.25, 0.3) is 0 Å². The molecular formula is C12H17FN2O. The van der Waals surface area contributed by atoms with Gasteiger partial charge in [0.2, 0.25) is 0 Å². The summed E-state index contributed by atoms with van der Waals surface area (Å²) in [6, 6.07) is 4.05. The summed E-state index contributed by atoms with van der Waals surface area (Å²) in [5, 5.41) is 0. The molecule has 0 radical (unpaired) electrons. The Morgan fingerprint density at radius 3 is 3.12 bits per heavy atom. The number of hydrogen-bond acceptors (Lipinski definition) is 3. The standard InChI is InChI=1S/C12H17FN2O/c1-15-8-10(6-13)5-11(15)9-16-12-3-2-4-14-7-12/h2-4,7,10-11H,5-6,8-9H2,1H3. The molecule has 2 rings (SSSR count). The van der Waals surface area contributed by atoms with Crippen LogP contribution in [0.15, 0.2) is 24.5 Å². The zero-order valence-electron chi connectivity index (χ0n) is 9.47. The molecule has 1 aromatic rings. The molecule has 0 bridgehead atoms. The van der Waals surface area contributed by atoms with E-state index in [2.05, 4.69) is 9.88 Å². The fourth-order valence-corrected chi connectivity index (χ4v) is 2.13. The second-order valence-electron chi connectivity index (χ2n) is 4.35. The number of rotatable bonds is 4. The highest BCUT2D eigenvalue weighted by Crippen LogP contribution is 2.22. The summed E-state index contributed by atoms with van der Waals surface area (Å²) in [6.45, 7) is 1.21. The zero-order valence-corrected chi connectivity index (χ0v) is 9.47. The average molecular weight is 224 g/mol. The number of halogens is 1. The molecule has 0 amide bonds. The number of hydrogen-bond donors (Lipinski definition) is 0. The van der Waals surface area contributed by atoms with E-state index in [1.807, 2.05) is 19.2 Å². The SMILES string of the molecule is CN1CC(CF)CC1COc1cccnc1. The predicted octanol–water partition coefficient (Wildman–Crippen LogP) is 1.75. The molecule has 0 saturated carbocycles. The Hall–Kier alpha value is -1.16. The second-order valence-corrected chi connectivity index (χ2v) is 4.35. The van der Waals surface area contributed by atoms with E-state index in [0.29, 0.717) is 12.6 Å². The van der Waals surface area contributed by atoms with Crippen LogP contribution in [-0.2, 0) is 0 Å². The summed E-state index contributed by atoms with van der Waals surface area (Å²) in [7, 11) is 2.02. The fraction of sp³-hybridized carbons (Fsp3) is 0.583. The van der Waals surface area contributed by atoms with Crippen molar-refractivity contribution in [3.63, 3.8) is 0 Å². The molecule has 0 N–H and O–H groups in total. The first-order chi connectivity index (χ1) is 7.79. The van der Waals surface area contributed by atoms with Crippen LogP contribution in [-0.4, -0.2) is 42.8 Å². The van der Waals surface area contributed by atoms with E-state index in [-0.39, 0.29) is 12.6 Å². The molecule has 88 valence electrons. The van der Waals surface area contributed by atoms with Gasteiger partial charge in [0.1, 0.15) is 12.4 Å². The van der Waals surface area contributed by atoms with E-state index in [1.165, 1.54) is 0 Å². The van der Waals surface area contributed by atoms with Gasteiger partial charge in [-0.15, -0.1) is 0 Å². The van der Waals surface area contributed by atoms with Gasteiger partial charge in [0.05, 0.1) is 12.9 Å². The van der Waals surface area contributed by atoms with Crippen LogP contribution in [0.1, 0.15) is 6.42 Å². The van der Waals surface area contributed by atoms with Crippen molar-refractivity contribution in [2.45, 2.75) is 12.5 Å². The van der Waals surface area contributed by atoms with Gasteiger partial charge in [-0.3, -0.25) is 14.3 Å². The average Bonchev–Trinajstić information content (AvgIpc) is 2.69. The van der Waals surface area contributed by atoms with Crippen LogP contribution in [0.5, 0.6) is 5.75 Å². The van der Waals surface area contributed by atoms with E-state index < -0.39 is 0 Å². The molecule has 2 unspecified atom stereocenters. The van der Waals surface area contributed by atoms with Crippen molar-refractivity contribution in [2.75, 3.05) is 26.9 Å². The Labute approximate surface area is 95.2 Å². The summed E-state index contributed by atoms with van der Waals surface area (Å²) in [5.41, 5.74) is 0. The number of aromatic nitrogens is 1. The van der Waals surface area contributed by atoms with Gasteiger partial charge in [-0.2, -0.15) is 0 Å². The van der Waals surface area contributed by atoms with Crippen LogP contribution in [0.4, 0.5) is 4.39 Å². The summed E-state index contributed by atoms with van der Waals surface area (Å²) < 4.78 is 18.2. The Morgan fingerprint density at radius 2 is 2.50 bits per heavy atom. The number of ether oxygens (including phenoxy) is 1. The van der Waals surface area contributed by atoms with Crippen molar-refractivity contribution >= 4 is 0 Å². The first-order valence-corrected chi connectivity index (χ1v) is 5.58. The maximum Gasteiger partial charge on any atom is 0.137 e. The number of nitrogens with zero attached hydrogens (tertiary/aromatic N) is 2. The van der Waals surface area contributed by atoms with Crippen LogP contribution in [0.2, 0.25) is 0 Å². The Kier molecular flexibility index (Phi) is 3.72. The van der Waals surface area contributed by atoms with E-state index in [9.17, 15) is 4.39 Å². The largest absolute Gasteiger partial charge is 0.490 e. The summed E-state index contributed by atoms with van der Waals surface area (Å²) in [6.07, 6.45) is 4.29. The third kappa shape index (κ3) is 2.70. The zero-order chi connectivity index (χ0) is 11.4. The lowest BCUT2D eigenvalue weighted by Gasteiger charge is -2.19. The van der Waals surface area contributed by atoms with Crippen LogP contribution < -0.4 is 4.74 Å². The molecule has 4 heteroatoms. The van der Waals surface area contributed by atoms with Crippen molar-refractivity contribution in [2.24, 2.45) is 5.92 Å². The van der Waals surface area contributed by atoms with Gasteiger partial charge in [-0.05, 0) is 25.6 Å². The monoisotopic (exact) mass is 224 g/mol. The highest BCUT2D eigenvalue weighted by Gasteiger charge is 2.29. The van der Waals surface area contributed by atoms with Crippen molar-refractivity contribution in [1.29, 1.82) is 0 Å². The highest BCUT2D eigenvalue weighted by molar-refractivity contribution is 5.15. The van der Waals surface area contributed by atoms with E-state index >= 15 is 0 Å². The molecule has 1 fully saturated rings. The van der Waals surface area contributed by atoms with Gasteiger partial charge >= 0.3 is 0 Å². The van der Waals surface area contributed by atoms with Crippen LogP contribution in [0, 0.1) is 5.92 Å². The third-order valence-corrected chi connectivity index (χ3v) is 3.07. The minimum atomic E-state index is -0.228. The molecular weight excluding hydrogens is 207 g/mol. The minimum absolute atomic E-state index is 0.174. The molecule has 16 heavy (non-hydrogen) atoms. The van der Waals surface area contributed by atoms with Crippen LogP contribution in [0.3, 0.4) is 0 Å². The lowest BCUT2D eigenvalue weighted by atomic mass is 10.1. The second kappa shape index (κ2) is 5.25.